The molecule has 0 radical (unpaired) electrons. The third-order valence-corrected chi connectivity index (χ3v) is 3.69. The van der Waals surface area contributed by atoms with Gasteiger partial charge in [0.2, 0.25) is 5.91 Å². The molecule has 0 aromatic heterocycles. The molecule has 0 aliphatic carbocycles. The maximum Gasteiger partial charge on any atom is 0.320 e. The van der Waals surface area contributed by atoms with Crippen molar-refractivity contribution >= 4 is 11.9 Å². The number of carbonyl (C=O) groups excluding carboxylic acids is 2. The summed E-state index contributed by atoms with van der Waals surface area (Å²) < 4.78 is 0. The first-order valence-corrected chi connectivity index (χ1v) is 6.37. The summed E-state index contributed by atoms with van der Waals surface area (Å²) >= 11 is 0. The highest BCUT2D eigenvalue weighted by Crippen LogP contribution is 2.17. The van der Waals surface area contributed by atoms with Crippen molar-refractivity contribution in [1.29, 1.82) is 0 Å². The maximum atomic E-state index is 12.2. The fourth-order valence-corrected chi connectivity index (χ4v) is 2.52. The number of hydrogen-bond acceptors (Lipinski definition) is 2. The van der Waals surface area contributed by atoms with E-state index in [2.05, 4.69) is 6.92 Å². The van der Waals surface area contributed by atoms with Crippen molar-refractivity contribution in [1.82, 2.24) is 14.7 Å². The fraction of sp³-hybridized carbons (Fsp3) is 0.833. The maximum absolute atomic E-state index is 12.2. The molecule has 5 nitrogen and oxygen atoms in total. The summed E-state index contributed by atoms with van der Waals surface area (Å²) in [4.78, 5) is 29.0. The van der Waals surface area contributed by atoms with Gasteiger partial charge in [-0.2, -0.15) is 0 Å². The Balaban J connectivity index is 1.84. The van der Waals surface area contributed by atoms with Crippen LogP contribution in [-0.4, -0.2) is 65.9 Å². The lowest BCUT2D eigenvalue weighted by Crippen LogP contribution is -2.53. The smallest absolute Gasteiger partial charge is 0.320 e. The summed E-state index contributed by atoms with van der Waals surface area (Å²) in [5.41, 5.74) is 0. The van der Waals surface area contributed by atoms with Gasteiger partial charge in [0.25, 0.3) is 0 Å². The van der Waals surface area contributed by atoms with Crippen LogP contribution in [-0.2, 0) is 4.79 Å². The van der Waals surface area contributed by atoms with Gasteiger partial charge in [-0.3, -0.25) is 4.79 Å². The number of amides is 3. The zero-order chi connectivity index (χ0) is 12.4. The molecule has 3 amide bonds. The minimum atomic E-state index is 0.104. The molecule has 2 heterocycles. The van der Waals surface area contributed by atoms with Gasteiger partial charge in [0.15, 0.2) is 0 Å². The molecule has 2 fully saturated rings. The highest BCUT2D eigenvalue weighted by molar-refractivity contribution is 5.76. The van der Waals surface area contributed by atoms with E-state index < -0.39 is 0 Å². The van der Waals surface area contributed by atoms with Crippen LogP contribution in [0.15, 0.2) is 0 Å². The van der Waals surface area contributed by atoms with Crippen molar-refractivity contribution in [3.05, 3.63) is 0 Å². The van der Waals surface area contributed by atoms with Crippen molar-refractivity contribution in [3.8, 4) is 0 Å². The lowest BCUT2D eigenvalue weighted by molar-refractivity contribution is -0.130. The summed E-state index contributed by atoms with van der Waals surface area (Å²) in [5.74, 6) is 0.726. The van der Waals surface area contributed by atoms with E-state index in [0.29, 0.717) is 32.1 Å². The van der Waals surface area contributed by atoms with Crippen LogP contribution < -0.4 is 0 Å². The Labute approximate surface area is 102 Å². The second kappa shape index (κ2) is 4.94. The van der Waals surface area contributed by atoms with Gasteiger partial charge >= 0.3 is 6.03 Å². The van der Waals surface area contributed by atoms with Crippen LogP contribution in [0.2, 0.25) is 0 Å². The van der Waals surface area contributed by atoms with E-state index in [-0.39, 0.29) is 11.9 Å². The molecule has 0 spiro atoms. The third-order valence-electron chi connectivity index (χ3n) is 3.69. The van der Waals surface area contributed by atoms with E-state index in [1.54, 1.807) is 11.8 Å². The highest BCUT2D eigenvalue weighted by Gasteiger charge is 2.29. The Morgan fingerprint density at radius 2 is 1.53 bits per heavy atom. The number of nitrogens with zero attached hydrogens (tertiary/aromatic N) is 3. The highest BCUT2D eigenvalue weighted by atomic mass is 16.2. The summed E-state index contributed by atoms with van der Waals surface area (Å²) in [6, 6.07) is 0.151. The van der Waals surface area contributed by atoms with Crippen LogP contribution in [0.4, 0.5) is 4.79 Å². The molecule has 0 aromatic carbocycles. The average molecular weight is 239 g/mol. The molecular formula is C12H21N3O2. The Bertz CT molecular complexity index is 311. The Kier molecular flexibility index (Phi) is 3.54. The summed E-state index contributed by atoms with van der Waals surface area (Å²) in [6.45, 7) is 8.21. The van der Waals surface area contributed by atoms with E-state index in [4.69, 9.17) is 0 Å². The molecule has 96 valence electrons. The van der Waals surface area contributed by atoms with Crippen molar-refractivity contribution in [2.75, 3.05) is 39.3 Å². The van der Waals surface area contributed by atoms with Crippen LogP contribution in [0.5, 0.6) is 0 Å². The Morgan fingerprint density at radius 3 is 2.00 bits per heavy atom. The van der Waals surface area contributed by atoms with Gasteiger partial charge in [0, 0.05) is 46.2 Å². The molecule has 0 N–H and O–H groups in total. The molecule has 0 bridgehead atoms. The van der Waals surface area contributed by atoms with Gasteiger partial charge in [-0.05, 0) is 12.3 Å². The fourth-order valence-electron chi connectivity index (χ4n) is 2.52. The van der Waals surface area contributed by atoms with E-state index in [9.17, 15) is 9.59 Å². The molecule has 5 heteroatoms. The topological polar surface area (TPSA) is 43.9 Å². The van der Waals surface area contributed by atoms with Crippen LogP contribution in [0.25, 0.3) is 0 Å². The normalized spacial score (nSPS) is 25.3. The minimum Gasteiger partial charge on any atom is -0.339 e. The number of piperazine rings is 1. The number of hydrogen-bond donors (Lipinski definition) is 0. The van der Waals surface area contributed by atoms with Crippen LogP contribution >= 0.6 is 0 Å². The molecule has 2 saturated heterocycles. The number of likely N-dealkylation sites (tertiary alicyclic amines) is 1. The molecule has 17 heavy (non-hydrogen) atoms. The van der Waals surface area contributed by atoms with Crippen molar-refractivity contribution in [2.24, 2.45) is 5.92 Å². The second-order valence-corrected chi connectivity index (χ2v) is 5.12. The summed E-state index contributed by atoms with van der Waals surface area (Å²) in [7, 11) is 0. The Morgan fingerprint density at radius 1 is 0.941 bits per heavy atom. The predicted octanol–water partition coefficient (Wildman–Crippen LogP) is 0.612. The monoisotopic (exact) mass is 239 g/mol. The molecule has 1 atom stereocenters. The van der Waals surface area contributed by atoms with Gasteiger partial charge in [0.05, 0.1) is 0 Å². The van der Waals surface area contributed by atoms with Crippen LogP contribution in [0.1, 0.15) is 20.3 Å². The number of rotatable bonds is 0. The summed E-state index contributed by atoms with van der Waals surface area (Å²) in [6.07, 6.45) is 1.11. The standard InChI is InChI=1S/C12H21N3O2/c1-10-3-4-15(9-10)12(17)14-7-5-13(6-8-14)11(2)16/h10H,3-9H2,1-2H3. The lowest BCUT2D eigenvalue weighted by Gasteiger charge is -2.36. The van der Waals surface area contributed by atoms with Gasteiger partial charge in [-0.1, -0.05) is 6.92 Å². The zero-order valence-electron chi connectivity index (χ0n) is 10.7. The van der Waals surface area contributed by atoms with Crippen molar-refractivity contribution in [2.45, 2.75) is 20.3 Å². The number of carbonyl (C=O) groups is 2. The van der Waals surface area contributed by atoms with Gasteiger partial charge < -0.3 is 14.7 Å². The summed E-state index contributed by atoms with van der Waals surface area (Å²) in [5, 5.41) is 0. The zero-order valence-corrected chi connectivity index (χ0v) is 10.7. The first kappa shape index (κ1) is 12.2. The molecule has 0 saturated carbocycles. The van der Waals surface area contributed by atoms with Crippen LogP contribution in [0.3, 0.4) is 0 Å². The van der Waals surface area contributed by atoms with Crippen LogP contribution in [0, 0.1) is 5.92 Å². The molecule has 2 aliphatic heterocycles. The molecular weight excluding hydrogens is 218 g/mol. The average Bonchev–Trinajstić information content (AvgIpc) is 2.75. The SMILES string of the molecule is CC(=O)N1CCN(C(=O)N2CCC(C)C2)CC1. The Hall–Kier alpha value is -1.26. The van der Waals surface area contributed by atoms with Gasteiger partial charge in [-0.15, -0.1) is 0 Å². The van der Waals surface area contributed by atoms with E-state index in [1.807, 2.05) is 9.80 Å². The third kappa shape index (κ3) is 2.70. The quantitative estimate of drug-likeness (QED) is 0.622. The van der Waals surface area contributed by atoms with E-state index >= 15 is 0 Å². The first-order valence-electron chi connectivity index (χ1n) is 6.37. The van der Waals surface area contributed by atoms with Crippen molar-refractivity contribution in [3.63, 3.8) is 0 Å². The molecule has 2 aliphatic rings. The van der Waals surface area contributed by atoms with Gasteiger partial charge in [0.1, 0.15) is 0 Å². The largest absolute Gasteiger partial charge is 0.339 e. The molecule has 2 rings (SSSR count). The van der Waals surface area contributed by atoms with Crippen molar-refractivity contribution < 1.29 is 9.59 Å². The number of urea groups is 1. The second-order valence-electron chi connectivity index (χ2n) is 5.12. The van der Waals surface area contributed by atoms with E-state index in [0.717, 1.165) is 19.5 Å². The molecule has 1 unspecified atom stereocenters. The van der Waals surface area contributed by atoms with Gasteiger partial charge in [-0.25, -0.2) is 4.79 Å². The lowest BCUT2D eigenvalue weighted by atomic mass is 10.2. The van der Waals surface area contributed by atoms with E-state index in [1.165, 1.54) is 0 Å². The molecule has 0 aromatic rings. The first-order chi connectivity index (χ1) is 8.08. The minimum absolute atomic E-state index is 0.104. The predicted molar refractivity (Wildman–Crippen MR) is 64.6 cm³/mol.